The highest BCUT2D eigenvalue weighted by Gasteiger charge is 2.42. The number of hydrogen-bond acceptors (Lipinski definition) is 3. The molecule has 1 rings (SSSR count). The normalized spacial score (nSPS) is 25.0. The molecule has 0 radical (unpaired) electrons. The molecule has 0 aromatic heterocycles. The Labute approximate surface area is 112 Å². The van der Waals surface area contributed by atoms with Gasteiger partial charge in [0.2, 0.25) is 0 Å². The van der Waals surface area contributed by atoms with Crippen molar-refractivity contribution in [3.8, 4) is 0 Å². The number of carboxylic acids is 1. The van der Waals surface area contributed by atoms with E-state index in [0.29, 0.717) is 5.75 Å². The van der Waals surface area contributed by atoms with Crippen molar-refractivity contribution in [1.29, 1.82) is 0 Å². The van der Waals surface area contributed by atoms with E-state index < -0.39 is 12.0 Å². The van der Waals surface area contributed by atoms with E-state index in [1.807, 2.05) is 13.8 Å². The minimum absolute atomic E-state index is 0.0943. The Balaban J connectivity index is 2.85. The summed E-state index contributed by atoms with van der Waals surface area (Å²) in [6.45, 7) is 9.36. The third-order valence-electron chi connectivity index (χ3n) is 2.83. The first-order chi connectivity index (χ1) is 8.38. The number of nitrogens with one attached hydrogen (secondary N) is 1. The second-order valence-corrected chi connectivity index (χ2v) is 5.85. The van der Waals surface area contributed by atoms with Crippen LogP contribution in [0.25, 0.3) is 0 Å². The Morgan fingerprint density at radius 1 is 1.50 bits per heavy atom. The highest BCUT2D eigenvalue weighted by atomic mass is 32.2. The molecule has 0 aromatic rings. The number of urea groups is 1. The first kappa shape index (κ1) is 14.9. The number of hydrogen-bond donors (Lipinski definition) is 2. The molecule has 0 aromatic carbocycles. The van der Waals surface area contributed by atoms with Gasteiger partial charge in [0.05, 0.1) is 5.37 Å². The zero-order valence-electron chi connectivity index (χ0n) is 10.9. The van der Waals surface area contributed by atoms with Crippen LogP contribution in [-0.2, 0) is 4.79 Å². The summed E-state index contributed by atoms with van der Waals surface area (Å²) in [7, 11) is 0. The van der Waals surface area contributed by atoms with Crippen LogP contribution in [0.3, 0.4) is 0 Å². The molecule has 5 nitrogen and oxygen atoms in total. The number of rotatable bonds is 4. The minimum atomic E-state index is -0.952. The van der Waals surface area contributed by atoms with Gasteiger partial charge in [-0.1, -0.05) is 19.9 Å². The maximum Gasteiger partial charge on any atom is 0.327 e. The summed E-state index contributed by atoms with van der Waals surface area (Å²) in [4.78, 5) is 24.8. The Morgan fingerprint density at radius 2 is 2.11 bits per heavy atom. The van der Waals surface area contributed by atoms with E-state index >= 15 is 0 Å². The third-order valence-corrected chi connectivity index (χ3v) is 4.45. The van der Waals surface area contributed by atoms with Crippen molar-refractivity contribution in [2.24, 2.45) is 5.92 Å². The van der Waals surface area contributed by atoms with Crippen LogP contribution in [0, 0.1) is 5.92 Å². The van der Waals surface area contributed by atoms with Crippen molar-refractivity contribution in [2.45, 2.75) is 38.2 Å². The number of amides is 2. The lowest BCUT2D eigenvalue weighted by Gasteiger charge is -2.30. The fraction of sp³-hybridized carbons (Fsp3) is 0.667. The SMILES string of the molecule is C=CC(C)NC(=O)N1C(C(=O)O)CSC1C(C)C. The van der Waals surface area contributed by atoms with E-state index in [1.54, 1.807) is 13.0 Å². The summed E-state index contributed by atoms with van der Waals surface area (Å²) in [5.74, 6) is -0.301. The average molecular weight is 272 g/mol. The van der Waals surface area contributed by atoms with E-state index in [1.165, 1.54) is 16.7 Å². The number of carboxylic acid groups (broad SMARTS) is 1. The first-order valence-corrected chi connectivity index (χ1v) is 6.99. The molecular formula is C12H20N2O3S. The van der Waals surface area contributed by atoms with Gasteiger partial charge in [-0.2, -0.15) is 0 Å². The van der Waals surface area contributed by atoms with Gasteiger partial charge in [0.1, 0.15) is 6.04 Å². The zero-order chi connectivity index (χ0) is 13.9. The molecule has 2 amide bonds. The summed E-state index contributed by atoms with van der Waals surface area (Å²) >= 11 is 1.52. The van der Waals surface area contributed by atoms with Gasteiger partial charge >= 0.3 is 12.0 Å². The number of aliphatic carboxylic acids is 1. The van der Waals surface area contributed by atoms with E-state index in [0.717, 1.165) is 0 Å². The van der Waals surface area contributed by atoms with Crippen molar-refractivity contribution < 1.29 is 14.7 Å². The molecule has 3 atom stereocenters. The Hall–Kier alpha value is -1.17. The van der Waals surface area contributed by atoms with Crippen molar-refractivity contribution in [3.05, 3.63) is 12.7 Å². The van der Waals surface area contributed by atoms with Gasteiger partial charge in [-0.15, -0.1) is 18.3 Å². The van der Waals surface area contributed by atoms with Crippen LogP contribution < -0.4 is 5.32 Å². The van der Waals surface area contributed by atoms with E-state index in [9.17, 15) is 9.59 Å². The summed E-state index contributed by atoms with van der Waals surface area (Å²) < 4.78 is 0. The molecule has 0 spiro atoms. The number of nitrogens with zero attached hydrogens (tertiary/aromatic N) is 1. The van der Waals surface area contributed by atoms with Gasteiger partial charge in [0, 0.05) is 11.8 Å². The fourth-order valence-corrected chi connectivity index (χ4v) is 3.29. The van der Waals surface area contributed by atoms with Gasteiger partial charge < -0.3 is 10.4 Å². The predicted molar refractivity (Wildman–Crippen MR) is 72.5 cm³/mol. The van der Waals surface area contributed by atoms with Crippen molar-refractivity contribution in [3.63, 3.8) is 0 Å². The van der Waals surface area contributed by atoms with E-state index in [2.05, 4.69) is 11.9 Å². The molecule has 1 heterocycles. The van der Waals surface area contributed by atoms with Crippen LogP contribution >= 0.6 is 11.8 Å². The van der Waals surface area contributed by atoms with Crippen molar-refractivity contribution in [2.75, 3.05) is 5.75 Å². The second-order valence-electron chi connectivity index (χ2n) is 4.70. The van der Waals surface area contributed by atoms with Crippen LogP contribution in [0.1, 0.15) is 20.8 Å². The molecule has 1 aliphatic rings. The summed E-state index contributed by atoms with van der Waals surface area (Å²) in [6.07, 6.45) is 1.61. The Morgan fingerprint density at radius 3 is 2.56 bits per heavy atom. The fourth-order valence-electron chi connectivity index (χ4n) is 1.82. The predicted octanol–water partition coefficient (Wildman–Crippen LogP) is 1.75. The molecule has 0 saturated carbocycles. The summed E-state index contributed by atoms with van der Waals surface area (Å²) in [5, 5.41) is 11.8. The summed E-state index contributed by atoms with van der Waals surface area (Å²) in [5.41, 5.74) is 0. The lowest BCUT2D eigenvalue weighted by atomic mass is 10.1. The first-order valence-electron chi connectivity index (χ1n) is 5.94. The lowest BCUT2D eigenvalue weighted by molar-refractivity contribution is -0.141. The molecular weight excluding hydrogens is 252 g/mol. The second kappa shape index (κ2) is 6.13. The highest BCUT2D eigenvalue weighted by molar-refractivity contribution is 8.00. The standard InChI is InChI=1S/C12H20N2O3S/c1-5-8(4)13-12(17)14-9(11(15)16)6-18-10(14)7(2)3/h5,7-10H,1,6H2,2-4H3,(H,13,17)(H,15,16). The van der Waals surface area contributed by atoms with Gasteiger partial charge in [-0.05, 0) is 12.8 Å². The quantitative estimate of drug-likeness (QED) is 0.765. The molecule has 0 bridgehead atoms. The molecule has 1 fully saturated rings. The smallest absolute Gasteiger partial charge is 0.327 e. The van der Waals surface area contributed by atoms with E-state index in [-0.39, 0.29) is 23.4 Å². The van der Waals surface area contributed by atoms with Crippen molar-refractivity contribution in [1.82, 2.24) is 10.2 Å². The Kier molecular flexibility index (Phi) is 5.07. The van der Waals surface area contributed by atoms with Crippen LogP contribution in [-0.4, -0.2) is 45.2 Å². The molecule has 1 saturated heterocycles. The molecule has 3 unspecified atom stereocenters. The number of carbonyl (C=O) groups is 2. The van der Waals surface area contributed by atoms with Crippen LogP contribution in [0.5, 0.6) is 0 Å². The molecule has 18 heavy (non-hydrogen) atoms. The number of carbonyl (C=O) groups excluding carboxylic acids is 1. The van der Waals surface area contributed by atoms with Crippen LogP contribution in [0.15, 0.2) is 12.7 Å². The molecule has 0 aliphatic carbocycles. The van der Waals surface area contributed by atoms with Crippen LogP contribution in [0.2, 0.25) is 0 Å². The molecule has 2 N–H and O–H groups in total. The number of thioether (sulfide) groups is 1. The Bertz CT molecular complexity index is 346. The molecule has 6 heteroatoms. The van der Waals surface area contributed by atoms with Gasteiger partial charge in [-0.25, -0.2) is 9.59 Å². The maximum atomic E-state index is 12.1. The maximum absolute atomic E-state index is 12.1. The largest absolute Gasteiger partial charge is 0.480 e. The van der Waals surface area contributed by atoms with Crippen LogP contribution in [0.4, 0.5) is 4.79 Å². The topological polar surface area (TPSA) is 69.6 Å². The van der Waals surface area contributed by atoms with Gasteiger partial charge in [0.15, 0.2) is 0 Å². The van der Waals surface area contributed by atoms with E-state index in [4.69, 9.17) is 5.11 Å². The third kappa shape index (κ3) is 3.19. The molecule has 102 valence electrons. The summed E-state index contributed by atoms with van der Waals surface area (Å²) in [6, 6.07) is -1.26. The lowest BCUT2D eigenvalue weighted by Crippen LogP contribution is -2.52. The highest BCUT2D eigenvalue weighted by Crippen LogP contribution is 2.34. The van der Waals surface area contributed by atoms with Gasteiger partial charge in [0.25, 0.3) is 0 Å². The zero-order valence-corrected chi connectivity index (χ0v) is 11.7. The minimum Gasteiger partial charge on any atom is -0.480 e. The van der Waals surface area contributed by atoms with Crippen molar-refractivity contribution >= 4 is 23.8 Å². The average Bonchev–Trinajstić information content (AvgIpc) is 2.73. The van der Waals surface area contributed by atoms with Gasteiger partial charge in [-0.3, -0.25) is 4.90 Å². The monoisotopic (exact) mass is 272 g/mol. The molecule has 1 aliphatic heterocycles.